The zero-order valence-corrected chi connectivity index (χ0v) is 40.2. The topological polar surface area (TPSA) is 403 Å². The third-order valence-electron chi connectivity index (χ3n) is 13.2. The Morgan fingerprint density at radius 3 is 1.83 bits per heavy atom. The monoisotopic (exact) mass is 1060 g/mol. The molecule has 0 spiro atoms. The third-order valence-corrected chi connectivity index (χ3v) is 13.2. The van der Waals surface area contributed by atoms with Gasteiger partial charge in [-0.3, -0.25) is 4.79 Å². The van der Waals surface area contributed by atoms with E-state index in [0.717, 1.165) is 24.3 Å². The maximum Gasteiger partial charge on any atom is 0.331 e. The van der Waals surface area contributed by atoms with Crippen LogP contribution < -0.4 is 19.6 Å². The lowest BCUT2D eigenvalue weighted by Gasteiger charge is -2.47. The molecule has 4 aromatic rings. The number of ether oxygens (including phenoxy) is 10. The Morgan fingerprint density at radius 1 is 0.613 bits per heavy atom. The van der Waals surface area contributed by atoms with E-state index < -0.39 is 169 Å². The molecule has 0 bridgehead atoms. The normalized spacial score (nSPS) is 36.3. The number of hydrogen-bond acceptors (Lipinski definition) is 26. The molecule has 0 amide bonds. The molecule has 4 fully saturated rings. The standard InChI is InChI=1S/C49H58O26/c1-17-31(54)36(59)39(62)46(67-17)66-16-28-34(57)43(73-29(53)12-7-20-5-9-22(50)10-6-20)45(75-48-41(64)38(61)33(56)19(3)69-48)49(72-28)74-44-35(58)30-25(52)14-23(70-47-40(63)37(60)32(55)18(2)68-47)15-27(30)71-42(44)21-8-11-24(51)26(13-21)65-4/h5-15,17-19,28,31-34,36-41,43,45-52,54-57,59-64H,16H2,1-4H3/b12-7+/t17?,18?,19?,28?,31-,32-,33-,34-,36?,37?,38?,39-,40-,41-,43-,45?,46+,47-,48-,49-/m0/s1. The van der Waals surface area contributed by atoms with Crippen LogP contribution in [0.25, 0.3) is 28.4 Å². The second kappa shape index (κ2) is 22.8. The number of aliphatic hydroxyl groups is 10. The van der Waals surface area contributed by atoms with Gasteiger partial charge in [0, 0.05) is 23.8 Å². The van der Waals surface area contributed by atoms with Gasteiger partial charge in [-0.1, -0.05) is 12.1 Å². The molecule has 4 aliphatic heterocycles. The Kier molecular flexibility index (Phi) is 16.9. The van der Waals surface area contributed by atoms with E-state index >= 15 is 4.79 Å². The number of carbonyl (C=O) groups excluding carboxylic acids is 1. The number of phenolic OH excluding ortho intramolecular Hbond substituents is 3. The molecule has 13 N–H and O–H groups in total. The molecule has 8 rings (SSSR count). The quantitative estimate of drug-likeness (QED) is 0.0477. The van der Waals surface area contributed by atoms with Gasteiger partial charge in [-0.05, 0) is 62.7 Å². The van der Waals surface area contributed by atoms with Gasteiger partial charge in [-0.2, -0.15) is 0 Å². The van der Waals surface area contributed by atoms with Crippen molar-refractivity contribution in [2.24, 2.45) is 0 Å². The first-order valence-electron chi connectivity index (χ1n) is 23.5. The van der Waals surface area contributed by atoms with Gasteiger partial charge in [0.2, 0.25) is 23.8 Å². The van der Waals surface area contributed by atoms with Gasteiger partial charge in [0.05, 0.1) is 32.0 Å². The van der Waals surface area contributed by atoms with Crippen molar-refractivity contribution in [3.8, 4) is 45.8 Å². The number of esters is 1. The third kappa shape index (κ3) is 11.5. The molecule has 8 unspecified atom stereocenters. The molecular weight excluding hydrogens is 1000 g/mol. The predicted octanol–water partition coefficient (Wildman–Crippen LogP) is -2.06. The van der Waals surface area contributed by atoms with Crippen LogP contribution in [0, 0.1) is 0 Å². The Labute approximate surface area is 424 Å². The van der Waals surface area contributed by atoms with Gasteiger partial charge in [-0.25, -0.2) is 4.79 Å². The highest BCUT2D eigenvalue weighted by atomic mass is 16.8. The Balaban J connectivity index is 1.24. The number of hydrogen-bond donors (Lipinski definition) is 13. The molecular formula is C49H58O26. The first-order chi connectivity index (χ1) is 35.6. The largest absolute Gasteiger partial charge is 0.508 e. The van der Waals surface area contributed by atoms with Crippen LogP contribution >= 0.6 is 0 Å². The van der Waals surface area contributed by atoms with Gasteiger partial charge < -0.3 is 118 Å². The second-order valence-corrected chi connectivity index (χ2v) is 18.4. The van der Waals surface area contributed by atoms with Gasteiger partial charge in [0.25, 0.3) is 0 Å². The fourth-order valence-corrected chi connectivity index (χ4v) is 8.75. The number of benzene rings is 3. The Morgan fingerprint density at radius 2 is 1.20 bits per heavy atom. The molecule has 3 aromatic carbocycles. The molecule has 0 saturated carbocycles. The predicted molar refractivity (Wildman–Crippen MR) is 249 cm³/mol. The number of fused-ring (bicyclic) bond motifs is 1. The zero-order valence-electron chi connectivity index (χ0n) is 40.2. The Bertz CT molecular complexity index is 2720. The van der Waals surface area contributed by atoms with Crippen LogP contribution in [-0.4, -0.2) is 209 Å². The summed E-state index contributed by atoms with van der Waals surface area (Å²) < 4.78 is 64.6. The number of rotatable bonds is 14. The summed E-state index contributed by atoms with van der Waals surface area (Å²) in [6.45, 7) is 3.30. The van der Waals surface area contributed by atoms with Crippen molar-refractivity contribution in [1.82, 2.24) is 0 Å². The highest BCUT2D eigenvalue weighted by Gasteiger charge is 2.54. The van der Waals surface area contributed by atoms with E-state index in [1.165, 1.54) is 70.4 Å². The molecule has 20 atom stereocenters. The maximum absolute atomic E-state index is 15.0. The van der Waals surface area contributed by atoms with Crippen LogP contribution in [0.4, 0.5) is 0 Å². The summed E-state index contributed by atoms with van der Waals surface area (Å²) in [5.74, 6) is -4.20. The van der Waals surface area contributed by atoms with Gasteiger partial charge in [0.1, 0.15) is 95.4 Å². The molecule has 4 aliphatic rings. The lowest BCUT2D eigenvalue weighted by atomic mass is 9.97. The summed E-state index contributed by atoms with van der Waals surface area (Å²) in [5, 5.41) is 139. The van der Waals surface area contributed by atoms with Crippen LogP contribution in [0.2, 0.25) is 0 Å². The molecule has 0 radical (unpaired) electrons. The summed E-state index contributed by atoms with van der Waals surface area (Å²) in [5.41, 5.74) is -1.24. The van der Waals surface area contributed by atoms with E-state index in [0.29, 0.717) is 5.56 Å². The maximum atomic E-state index is 15.0. The number of methoxy groups -OCH3 is 1. The fraction of sp³-hybridized carbons (Fsp3) is 0.510. The van der Waals surface area contributed by atoms with E-state index in [1.807, 2.05) is 0 Å². The summed E-state index contributed by atoms with van der Waals surface area (Å²) in [7, 11) is 1.22. The van der Waals surface area contributed by atoms with Gasteiger partial charge >= 0.3 is 5.97 Å². The average molecular weight is 1060 g/mol. The van der Waals surface area contributed by atoms with Crippen LogP contribution in [0.15, 0.2) is 69.9 Å². The van der Waals surface area contributed by atoms with Gasteiger partial charge in [0.15, 0.2) is 42.0 Å². The lowest BCUT2D eigenvalue weighted by Crippen LogP contribution is -2.66. The van der Waals surface area contributed by atoms with Crippen molar-refractivity contribution in [1.29, 1.82) is 0 Å². The van der Waals surface area contributed by atoms with Gasteiger partial charge in [-0.15, -0.1) is 0 Å². The molecule has 26 nitrogen and oxygen atoms in total. The van der Waals surface area contributed by atoms with Crippen LogP contribution in [0.5, 0.6) is 34.5 Å². The lowest BCUT2D eigenvalue weighted by molar-refractivity contribution is -0.360. The van der Waals surface area contributed by atoms with Crippen LogP contribution in [-0.2, 0) is 38.0 Å². The molecule has 75 heavy (non-hydrogen) atoms. The van der Waals surface area contributed by atoms with Crippen molar-refractivity contribution in [2.75, 3.05) is 13.7 Å². The average Bonchev–Trinajstić information content (AvgIpc) is 3.38. The van der Waals surface area contributed by atoms with Crippen molar-refractivity contribution in [3.05, 3.63) is 76.5 Å². The van der Waals surface area contributed by atoms with E-state index in [-0.39, 0.29) is 28.6 Å². The summed E-state index contributed by atoms with van der Waals surface area (Å²) in [6.07, 6.45) is -32.2. The highest BCUT2D eigenvalue weighted by molar-refractivity contribution is 5.89. The summed E-state index contributed by atoms with van der Waals surface area (Å²) in [4.78, 5) is 28.8. The van der Waals surface area contributed by atoms with Crippen molar-refractivity contribution in [3.63, 3.8) is 0 Å². The molecule has 1 aromatic heterocycles. The molecule has 4 saturated heterocycles. The smallest absolute Gasteiger partial charge is 0.331 e. The minimum absolute atomic E-state index is 0.0627. The minimum atomic E-state index is -2.17. The molecule has 26 heteroatoms. The molecule has 5 heterocycles. The van der Waals surface area contributed by atoms with Crippen molar-refractivity contribution in [2.45, 2.75) is 144 Å². The Hall–Kier alpha value is -5.76. The summed E-state index contributed by atoms with van der Waals surface area (Å²) in [6, 6.07) is 11.3. The van der Waals surface area contributed by atoms with E-state index in [1.54, 1.807) is 0 Å². The zero-order chi connectivity index (χ0) is 54.3. The van der Waals surface area contributed by atoms with Crippen molar-refractivity contribution < 1.29 is 123 Å². The second-order valence-electron chi connectivity index (χ2n) is 18.4. The molecule has 0 aliphatic carbocycles. The summed E-state index contributed by atoms with van der Waals surface area (Å²) >= 11 is 0. The number of phenols is 3. The van der Waals surface area contributed by atoms with E-state index in [4.69, 9.17) is 51.8 Å². The first kappa shape index (κ1) is 55.5. The number of aromatic hydroxyl groups is 3. The number of carbonyl (C=O) groups is 1. The highest BCUT2D eigenvalue weighted by Crippen LogP contribution is 2.42. The van der Waals surface area contributed by atoms with E-state index in [9.17, 15) is 71.2 Å². The first-order valence-corrected chi connectivity index (χ1v) is 23.5. The van der Waals surface area contributed by atoms with Crippen molar-refractivity contribution >= 4 is 23.0 Å². The van der Waals surface area contributed by atoms with Crippen LogP contribution in [0.1, 0.15) is 26.3 Å². The fourth-order valence-electron chi connectivity index (χ4n) is 8.75. The van der Waals surface area contributed by atoms with E-state index in [2.05, 4.69) is 0 Å². The number of aliphatic hydroxyl groups excluding tert-OH is 10. The minimum Gasteiger partial charge on any atom is -0.508 e. The molecule has 410 valence electrons. The SMILES string of the molecule is COc1cc(-c2oc3cc(O[C@@H]4OC(C)[C@H](O)C(O)[C@@H]4O)cc(O)c3c(=O)c2O[C@@H]2OC(CO[C@@H]3OC(C)[C@H](O)C(O)[C@@H]3O)[C@H](O)[C@H](OC(=O)/C=C/c3ccc(O)cc3)C2O[C@@H]2OC(C)[C@H](O)C(O)[C@@H]2O)ccc1O. The van der Waals surface area contributed by atoms with Crippen LogP contribution in [0.3, 0.4) is 0 Å².